The van der Waals surface area contributed by atoms with Crippen molar-refractivity contribution in [1.82, 2.24) is 9.21 Å². The van der Waals surface area contributed by atoms with Gasteiger partial charge < -0.3 is 14.8 Å². The number of carbonyl (C=O) groups excluding carboxylic acids is 1. The maximum Gasteiger partial charge on any atom is 0.243 e. The number of methoxy groups -OCH3 is 1. The monoisotopic (exact) mass is 413 g/mol. The van der Waals surface area contributed by atoms with Gasteiger partial charge in [0.2, 0.25) is 15.9 Å². The van der Waals surface area contributed by atoms with E-state index >= 15 is 0 Å². The van der Waals surface area contributed by atoms with Crippen molar-refractivity contribution in [2.24, 2.45) is 0 Å². The minimum Gasteiger partial charge on any atom is -0.495 e. The Kier molecular flexibility index (Phi) is 7.82. The quantitative estimate of drug-likeness (QED) is 0.699. The van der Waals surface area contributed by atoms with Crippen LogP contribution in [0.25, 0.3) is 0 Å². The SMILES string of the molecule is CCN(CC)S(=O)(=O)c1ccc(OC)c(NC(=O)CN2C[C@H](C)O[C@@H](C)C2)c1. The van der Waals surface area contributed by atoms with Gasteiger partial charge in [-0.15, -0.1) is 0 Å². The minimum absolute atomic E-state index is 0.0635. The van der Waals surface area contributed by atoms with Crippen molar-refractivity contribution in [3.8, 4) is 5.75 Å². The van der Waals surface area contributed by atoms with Gasteiger partial charge >= 0.3 is 0 Å². The second-order valence-electron chi connectivity index (χ2n) is 6.95. The molecule has 1 heterocycles. The summed E-state index contributed by atoms with van der Waals surface area (Å²) in [5.74, 6) is 0.188. The number of hydrogen-bond donors (Lipinski definition) is 1. The van der Waals surface area contributed by atoms with Crippen LogP contribution in [-0.4, -0.2) is 75.6 Å². The second kappa shape index (κ2) is 9.69. The first kappa shape index (κ1) is 22.6. The second-order valence-corrected chi connectivity index (χ2v) is 8.89. The van der Waals surface area contributed by atoms with Crippen LogP contribution < -0.4 is 10.1 Å². The van der Waals surface area contributed by atoms with Crippen LogP contribution in [0.2, 0.25) is 0 Å². The summed E-state index contributed by atoms with van der Waals surface area (Å²) in [6, 6.07) is 4.51. The maximum atomic E-state index is 12.8. The fraction of sp³-hybridized carbons (Fsp3) is 0.632. The van der Waals surface area contributed by atoms with E-state index in [1.807, 2.05) is 18.7 Å². The molecule has 1 fully saturated rings. The molecule has 2 atom stereocenters. The van der Waals surface area contributed by atoms with Crippen molar-refractivity contribution >= 4 is 21.6 Å². The highest BCUT2D eigenvalue weighted by atomic mass is 32.2. The Morgan fingerprint density at radius 3 is 2.39 bits per heavy atom. The van der Waals surface area contributed by atoms with Crippen molar-refractivity contribution < 1.29 is 22.7 Å². The molecule has 1 aromatic rings. The predicted molar refractivity (Wildman–Crippen MR) is 108 cm³/mol. The van der Waals surface area contributed by atoms with Crippen LogP contribution in [0, 0.1) is 0 Å². The molecule has 2 rings (SSSR count). The zero-order valence-corrected chi connectivity index (χ0v) is 18.1. The maximum absolute atomic E-state index is 12.8. The van der Waals surface area contributed by atoms with E-state index in [2.05, 4.69) is 5.32 Å². The predicted octanol–water partition coefficient (Wildman–Crippen LogP) is 1.77. The molecule has 158 valence electrons. The van der Waals surface area contributed by atoms with Gasteiger partial charge in [0, 0.05) is 26.2 Å². The Morgan fingerprint density at radius 1 is 1.25 bits per heavy atom. The first-order valence-corrected chi connectivity index (χ1v) is 11.0. The summed E-state index contributed by atoms with van der Waals surface area (Å²) in [5.41, 5.74) is 0.343. The number of amides is 1. The smallest absolute Gasteiger partial charge is 0.243 e. The number of anilines is 1. The van der Waals surface area contributed by atoms with Crippen molar-refractivity contribution in [2.45, 2.75) is 44.8 Å². The first-order chi connectivity index (χ1) is 13.2. The molecule has 0 saturated carbocycles. The molecule has 1 N–H and O–H groups in total. The fourth-order valence-electron chi connectivity index (χ4n) is 3.46. The van der Waals surface area contributed by atoms with Crippen molar-refractivity contribution in [3.63, 3.8) is 0 Å². The Hall–Kier alpha value is -1.68. The highest BCUT2D eigenvalue weighted by molar-refractivity contribution is 7.89. The van der Waals surface area contributed by atoms with Crippen LogP contribution in [0.5, 0.6) is 5.75 Å². The molecule has 0 aliphatic carbocycles. The van der Waals surface area contributed by atoms with Gasteiger partial charge in [-0.3, -0.25) is 9.69 Å². The summed E-state index contributed by atoms with van der Waals surface area (Å²) in [4.78, 5) is 14.7. The number of rotatable bonds is 8. The molecule has 9 heteroatoms. The van der Waals surface area contributed by atoms with Gasteiger partial charge in [0.15, 0.2) is 0 Å². The molecule has 0 spiro atoms. The van der Waals surface area contributed by atoms with Gasteiger partial charge in [-0.2, -0.15) is 4.31 Å². The number of nitrogens with zero attached hydrogens (tertiary/aromatic N) is 2. The minimum atomic E-state index is -3.63. The van der Waals surface area contributed by atoms with Gasteiger partial charge in [0.25, 0.3) is 0 Å². The standard InChI is InChI=1S/C19H31N3O5S/c1-6-22(7-2)28(24,25)16-8-9-18(26-5)17(10-16)20-19(23)13-21-11-14(3)27-15(4)12-21/h8-10,14-15H,6-7,11-13H2,1-5H3,(H,20,23)/t14-,15-/m0/s1. The largest absolute Gasteiger partial charge is 0.495 e. The van der Waals surface area contributed by atoms with E-state index < -0.39 is 10.0 Å². The van der Waals surface area contributed by atoms with E-state index in [9.17, 15) is 13.2 Å². The Morgan fingerprint density at radius 2 is 1.86 bits per heavy atom. The molecule has 0 aromatic heterocycles. The van der Waals surface area contributed by atoms with Gasteiger partial charge in [-0.25, -0.2) is 8.42 Å². The number of carbonyl (C=O) groups is 1. The van der Waals surface area contributed by atoms with Crippen molar-refractivity contribution in [2.75, 3.05) is 45.2 Å². The first-order valence-electron chi connectivity index (χ1n) is 9.57. The summed E-state index contributed by atoms with van der Waals surface area (Å²) in [7, 11) is -2.15. The summed E-state index contributed by atoms with van der Waals surface area (Å²) in [6.07, 6.45) is 0.127. The lowest BCUT2D eigenvalue weighted by Gasteiger charge is -2.34. The number of sulfonamides is 1. The zero-order chi connectivity index (χ0) is 20.9. The molecule has 1 aliphatic heterocycles. The Bertz CT molecular complexity index is 770. The van der Waals surface area contributed by atoms with Crippen LogP contribution in [0.4, 0.5) is 5.69 Å². The normalized spacial score (nSPS) is 20.9. The van der Waals surface area contributed by atoms with Crippen LogP contribution in [0.15, 0.2) is 23.1 Å². The number of benzene rings is 1. The lowest BCUT2D eigenvalue weighted by atomic mass is 10.2. The average Bonchev–Trinajstić information content (AvgIpc) is 2.61. The molecular formula is C19H31N3O5S. The number of ether oxygens (including phenoxy) is 2. The van der Waals surface area contributed by atoms with E-state index in [0.717, 1.165) is 0 Å². The lowest BCUT2D eigenvalue weighted by Crippen LogP contribution is -2.48. The van der Waals surface area contributed by atoms with Crippen LogP contribution >= 0.6 is 0 Å². The number of hydrogen-bond acceptors (Lipinski definition) is 6. The highest BCUT2D eigenvalue weighted by Crippen LogP contribution is 2.29. The van der Waals surface area contributed by atoms with E-state index in [0.29, 0.717) is 37.6 Å². The zero-order valence-electron chi connectivity index (χ0n) is 17.3. The van der Waals surface area contributed by atoms with E-state index in [1.165, 1.54) is 23.5 Å². The summed E-state index contributed by atoms with van der Waals surface area (Å²) < 4.78 is 37.9. The third-order valence-electron chi connectivity index (χ3n) is 4.65. The van der Waals surface area contributed by atoms with E-state index in [1.54, 1.807) is 19.9 Å². The summed E-state index contributed by atoms with van der Waals surface area (Å²) >= 11 is 0. The van der Waals surface area contributed by atoms with Gasteiger partial charge in [-0.1, -0.05) is 13.8 Å². The van der Waals surface area contributed by atoms with Gasteiger partial charge in [0.1, 0.15) is 5.75 Å². The molecule has 1 saturated heterocycles. The van der Waals surface area contributed by atoms with Crippen LogP contribution in [0.3, 0.4) is 0 Å². The lowest BCUT2D eigenvalue weighted by molar-refractivity contribution is -0.121. The molecular weight excluding hydrogens is 382 g/mol. The third kappa shape index (κ3) is 5.44. The average molecular weight is 414 g/mol. The van der Waals surface area contributed by atoms with Gasteiger partial charge in [0.05, 0.1) is 36.4 Å². The Balaban J connectivity index is 2.19. The molecule has 1 aliphatic rings. The Labute approximate surface area is 167 Å². The molecule has 1 amide bonds. The molecule has 8 nitrogen and oxygen atoms in total. The molecule has 0 radical (unpaired) electrons. The molecule has 0 unspecified atom stereocenters. The van der Waals surface area contributed by atoms with Crippen molar-refractivity contribution in [3.05, 3.63) is 18.2 Å². The van der Waals surface area contributed by atoms with Crippen LogP contribution in [0.1, 0.15) is 27.7 Å². The summed E-state index contributed by atoms with van der Waals surface area (Å²) in [5, 5.41) is 2.80. The molecule has 0 bridgehead atoms. The van der Waals surface area contributed by atoms with E-state index in [4.69, 9.17) is 9.47 Å². The highest BCUT2D eigenvalue weighted by Gasteiger charge is 2.25. The number of morpholine rings is 1. The summed E-state index contributed by atoms with van der Waals surface area (Å²) in [6.45, 7) is 9.83. The molecule has 28 heavy (non-hydrogen) atoms. The van der Waals surface area contributed by atoms with Crippen molar-refractivity contribution in [1.29, 1.82) is 0 Å². The van der Waals surface area contributed by atoms with Crippen LogP contribution in [-0.2, 0) is 19.6 Å². The topological polar surface area (TPSA) is 88.2 Å². The molecule has 1 aromatic carbocycles. The number of nitrogens with one attached hydrogen (secondary N) is 1. The van der Waals surface area contributed by atoms with E-state index in [-0.39, 0.29) is 29.6 Å². The van der Waals surface area contributed by atoms with Gasteiger partial charge in [-0.05, 0) is 32.0 Å². The fourth-order valence-corrected chi connectivity index (χ4v) is 4.95. The third-order valence-corrected chi connectivity index (χ3v) is 6.70.